The predicted octanol–water partition coefficient (Wildman–Crippen LogP) is 3.29. The summed E-state index contributed by atoms with van der Waals surface area (Å²) < 4.78 is 1.50. The van der Waals surface area contributed by atoms with E-state index in [4.69, 9.17) is 0 Å². The van der Waals surface area contributed by atoms with Crippen molar-refractivity contribution in [3.05, 3.63) is 67.5 Å². The molecule has 0 radical (unpaired) electrons. The SMILES string of the molecule is CC(C)c1ccc(Cc2cc([N+](=O)[O-])c3n(c2=O)CCCN3)cc1. The Hall–Kier alpha value is -2.63. The van der Waals surface area contributed by atoms with Crippen molar-refractivity contribution in [2.24, 2.45) is 0 Å². The van der Waals surface area contributed by atoms with Gasteiger partial charge in [-0.15, -0.1) is 0 Å². The molecule has 0 saturated carbocycles. The van der Waals surface area contributed by atoms with Crippen LogP contribution in [0.3, 0.4) is 0 Å². The number of nitrogens with zero attached hydrogens (tertiary/aromatic N) is 2. The molecule has 0 spiro atoms. The first-order valence-corrected chi connectivity index (χ1v) is 8.21. The van der Waals surface area contributed by atoms with E-state index in [1.807, 2.05) is 24.3 Å². The van der Waals surface area contributed by atoms with Crippen LogP contribution in [0, 0.1) is 10.1 Å². The first-order chi connectivity index (χ1) is 11.5. The number of hydrogen-bond donors (Lipinski definition) is 1. The Morgan fingerprint density at radius 3 is 2.62 bits per heavy atom. The molecule has 126 valence electrons. The van der Waals surface area contributed by atoms with Crippen LogP contribution in [0.5, 0.6) is 0 Å². The van der Waals surface area contributed by atoms with E-state index in [1.54, 1.807) is 0 Å². The van der Waals surface area contributed by atoms with Gasteiger partial charge in [-0.1, -0.05) is 38.1 Å². The Kier molecular flexibility index (Phi) is 4.38. The molecule has 6 nitrogen and oxygen atoms in total. The monoisotopic (exact) mass is 327 g/mol. The van der Waals surface area contributed by atoms with Crippen LogP contribution in [0.4, 0.5) is 11.5 Å². The van der Waals surface area contributed by atoms with E-state index in [1.165, 1.54) is 16.2 Å². The fourth-order valence-corrected chi connectivity index (χ4v) is 3.06. The third-order valence-electron chi connectivity index (χ3n) is 4.43. The molecule has 0 fully saturated rings. The molecule has 0 amide bonds. The number of hydrogen-bond acceptors (Lipinski definition) is 4. The first kappa shape index (κ1) is 16.2. The van der Waals surface area contributed by atoms with Gasteiger partial charge in [-0.2, -0.15) is 0 Å². The van der Waals surface area contributed by atoms with Gasteiger partial charge in [0.1, 0.15) is 0 Å². The molecular weight excluding hydrogens is 306 g/mol. The van der Waals surface area contributed by atoms with Crippen molar-refractivity contribution >= 4 is 11.5 Å². The molecule has 1 aliphatic rings. The van der Waals surface area contributed by atoms with Crippen LogP contribution in [-0.4, -0.2) is 16.0 Å². The third-order valence-corrected chi connectivity index (χ3v) is 4.43. The molecule has 0 bridgehead atoms. The van der Waals surface area contributed by atoms with E-state index in [0.717, 1.165) is 12.0 Å². The van der Waals surface area contributed by atoms with Gasteiger partial charge in [-0.3, -0.25) is 19.5 Å². The Bertz CT molecular complexity index is 823. The Labute approximate surface area is 140 Å². The molecule has 0 saturated heterocycles. The second kappa shape index (κ2) is 6.47. The maximum Gasteiger partial charge on any atom is 0.310 e. The minimum atomic E-state index is -0.422. The Morgan fingerprint density at radius 1 is 1.29 bits per heavy atom. The summed E-state index contributed by atoms with van der Waals surface area (Å²) in [5, 5.41) is 14.3. The standard InChI is InChI=1S/C18H21N3O3/c1-12(2)14-6-4-13(5-7-14)10-15-11-16(21(23)24)17-19-8-3-9-20(17)18(15)22/h4-7,11-12,19H,3,8-10H2,1-2H3. The highest BCUT2D eigenvalue weighted by atomic mass is 16.6. The summed E-state index contributed by atoms with van der Waals surface area (Å²) in [4.78, 5) is 23.6. The van der Waals surface area contributed by atoms with Gasteiger partial charge in [-0.25, -0.2) is 0 Å². The molecule has 2 aromatic rings. The summed E-state index contributed by atoms with van der Waals surface area (Å²) in [7, 11) is 0. The maximum atomic E-state index is 12.7. The van der Waals surface area contributed by atoms with Crippen molar-refractivity contribution in [3.63, 3.8) is 0 Å². The van der Waals surface area contributed by atoms with Crippen molar-refractivity contribution in [3.8, 4) is 0 Å². The second-order valence-electron chi connectivity index (χ2n) is 6.47. The number of fused-ring (bicyclic) bond motifs is 1. The average molecular weight is 327 g/mol. The minimum absolute atomic E-state index is 0.0249. The highest BCUT2D eigenvalue weighted by Crippen LogP contribution is 2.27. The van der Waals surface area contributed by atoms with Crippen LogP contribution in [-0.2, 0) is 13.0 Å². The molecular formula is C18H21N3O3. The average Bonchev–Trinajstić information content (AvgIpc) is 2.57. The smallest absolute Gasteiger partial charge is 0.310 e. The van der Waals surface area contributed by atoms with E-state index in [2.05, 4.69) is 19.2 Å². The van der Waals surface area contributed by atoms with Gasteiger partial charge in [0, 0.05) is 31.1 Å². The number of nitro groups is 1. The summed E-state index contributed by atoms with van der Waals surface area (Å²) in [6.45, 7) is 5.42. The lowest BCUT2D eigenvalue weighted by atomic mass is 9.99. The van der Waals surface area contributed by atoms with Crippen LogP contribution in [0.1, 0.15) is 42.9 Å². The van der Waals surface area contributed by atoms with E-state index in [0.29, 0.717) is 36.8 Å². The number of aromatic nitrogens is 1. The molecule has 1 aromatic carbocycles. The highest BCUT2D eigenvalue weighted by Gasteiger charge is 2.24. The molecule has 1 N–H and O–H groups in total. The van der Waals surface area contributed by atoms with Crippen molar-refractivity contribution in [1.29, 1.82) is 0 Å². The summed E-state index contributed by atoms with van der Waals surface area (Å²) in [5.74, 6) is 0.774. The van der Waals surface area contributed by atoms with E-state index in [-0.39, 0.29) is 11.2 Å². The van der Waals surface area contributed by atoms with Crippen molar-refractivity contribution in [2.45, 2.75) is 39.2 Å². The number of anilines is 1. The fourth-order valence-electron chi connectivity index (χ4n) is 3.06. The van der Waals surface area contributed by atoms with E-state index < -0.39 is 4.92 Å². The zero-order valence-electron chi connectivity index (χ0n) is 13.9. The van der Waals surface area contributed by atoms with Crippen LogP contribution < -0.4 is 10.9 Å². The van der Waals surface area contributed by atoms with Gasteiger partial charge in [0.05, 0.1) is 4.92 Å². The molecule has 6 heteroatoms. The lowest BCUT2D eigenvalue weighted by Gasteiger charge is -2.20. The van der Waals surface area contributed by atoms with Crippen LogP contribution >= 0.6 is 0 Å². The van der Waals surface area contributed by atoms with E-state index >= 15 is 0 Å². The van der Waals surface area contributed by atoms with Gasteiger partial charge >= 0.3 is 5.69 Å². The number of pyridine rings is 1. The van der Waals surface area contributed by atoms with Crippen LogP contribution in [0.25, 0.3) is 0 Å². The van der Waals surface area contributed by atoms with Gasteiger partial charge in [0.15, 0.2) is 5.82 Å². The zero-order valence-corrected chi connectivity index (χ0v) is 13.9. The zero-order chi connectivity index (χ0) is 17.3. The predicted molar refractivity (Wildman–Crippen MR) is 93.8 cm³/mol. The fraction of sp³-hybridized carbons (Fsp3) is 0.389. The summed E-state index contributed by atoms with van der Waals surface area (Å²) in [6.07, 6.45) is 1.19. The molecule has 1 aromatic heterocycles. The second-order valence-corrected chi connectivity index (χ2v) is 6.47. The number of rotatable bonds is 4. The van der Waals surface area contributed by atoms with Crippen LogP contribution in [0.2, 0.25) is 0 Å². The largest absolute Gasteiger partial charge is 0.366 e. The molecule has 0 unspecified atom stereocenters. The normalized spacial score (nSPS) is 13.5. The lowest BCUT2D eigenvalue weighted by molar-refractivity contribution is -0.384. The topological polar surface area (TPSA) is 77.2 Å². The highest BCUT2D eigenvalue weighted by molar-refractivity contribution is 5.59. The molecule has 3 rings (SSSR count). The third kappa shape index (κ3) is 3.04. The van der Waals surface area contributed by atoms with Crippen LogP contribution in [0.15, 0.2) is 35.1 Å². The minimum Gasteiger partial charge on any atom is -0.366 e. The molecule has 0 aliphatic carbocycles. The molecule has 0 atom stereocenters. The van der Waals surface area contributed by atoms with Crippen molar-refractivity contribution in [1.82, 2.24) is 4.57 Å². The Morgan fingerprint density at radius 2 is 2.00 bits per heavy atom. The molecule has 1 aliphatic heterocycles. The van der Waals surface area contributed by atoms with Crippen molar-refractivity contribution in [2.75, 3.05) is 11.9 Å². The number of nitrogens with one attached hydrogen (secondary N) is 1. The van der Waals surface area contributed by atoms with Gasteiger partial charge < -0.3 is 5.32 Å². The van der Waals surface area contributed by atoms with Gasteiger partial charge in [-0.05, 0) is 23.5 Å². The number of benzene rings is 1. The van der Waals surface area contributed by atoms with E-state index in [9.17, 15) is 14.9 Å². The van der Waals surface area contributed by atoms with Crippen molar-refractivity contribution < 1.29 is 4.92 Å². The van der Waals surface area contributed by atoms with Gasteiger partial charge in [0.25, 0.3) is 5.56 Å². The molecule has 2 heterocycles. The first-order valence-electron chi connectivity index (χ1n) is 8.21. The molecule has 24 heavy (non-hydrogen) atoms. The van der Waals surface area contributed by atoms with Gasteiger partial charge in [0.2, 0.25) is 0 Å². The summed E-state index contributed by atoms with van der Waals surface area (Å²) >= 11 is 0. The lowest BCUT2D eigenvalue weighted by Crippen LogP contribution is -2.31. The summed E-state index contributed by atoms with van der Waals surface area (Å²) in [6, 6.07) is 9.49. The summed E-state index contributed by atoms with van der Waals surface area (Å²) in [5.41, 5.74) is 2.51. The Balaban J connectivity index is 2.00. The maximum absolute atomic E-state index is 12.7. The quantitative estimate of drug-likeness (QED) is 0.690.